The van der Waals surface area contributed by atoms with E-state index in [1.54, 1.807) is 0 Å². The molecular weight excluding hydrogens is 254 g/mol. The van der Waals surface area contributed by atoms with E-state index < -0.39 is 0 Å². The van der Waals surface area contributed by atoms with E-state index in [0.29, 0.717) is 17.8 Å². The molecule has 1 heterocycles. The Balaban J connectivity index is 2.12. The molecule has 5 heteroatoms. The molecule has 2 rings (SSSR count). The van der Waals surface area contributed by atoms with Crippen LogP contribution in [-0.4, -0.2) is 23.1 Å². The van der Waals surface area contributed by atoms with Crippen LogP contribution in [0, 0.1) is 0 Å². The molecule has 0 aliphatic heterocycles. The molecule has 0 saturated carbocycles. The van der Waals surface area contributed by atoms with Crippen LogP contribution >= 0.6 is 0 Å². The maximum atomic E-state index is 12.2. The second-order valence-corrected chi connectivity index (χ2v) is 5.04. The Kier molecular flexibility index (Phi) is 4.39. The van der Waals surface area contributed by atoms with Crippen LogP contribution in [0.4, 0.5) is 0 Å². The Morgan fingerprint density at radius 2 is 2.05 bits per heavy atom. The summed E-state index contributed by atoms with van der Waals surface area (Å²) in [5.74, 6) is -0.0711. The zero-order chi connectivity index (χ0) is 14.6. The minimum Gasteiger partial charge on any atom is -0.356 e. The quantitative estimate of drug-likeness (QED) is 0.845. The lowest BCUT2D eigenvalue weighted by atomic mass is 9.92. The summed E-state index contributed by atoms with van der Waals surface area (Å²) in [6.07, 6.45) is 1.83. The van der Waals surface area contributed by atoms with Gasteiger partial charge in [0, 0.05) is 11.9 Å². The Labute approximate surface area is 118 Å². The molecule has 0 aliphatic carbocycles. The first-order chi connectivity index (χ1) is 9.64. The molecule has 1 amide bonds. The summed E-state index contributed by atoms with van der Waals surface area (Å²) in [6, 6.07) is 7.53. The second kappa shape index (κ2) is 6.05. The molecular formula is C15H21N3O2. The fourth-order valence-electron chi connectivity index (χ4n) is 2.32. The monoisotopic (exact) mass is 275 g/mol. The Bertz CT molecular complexity index is 579. The molecule has 1 aromatic carbocycles. The standard InChI is InChI=1S/C15H21N3O2/c1-3-15(4-2,10-16)17-14(19)9-12-11-7-5-6-8-13(11)20-18-12/h5-8H,3-4,9-10,16H2,1-2H3,(H,17,19). The van der Waals surface area contributed by atoms with Gasteiger partial charge in [0.2, 0.25) is 5.91 Å². The van der Waals surface area contributed by atoms with Crippen LogP contribution in [0.15, 0.2) is 28.8 Å². The highest BCUT2D eigenvalue weighted by atomic mass is 16.5. The van der Waals surface area contributed by atoms with Crippen molar-refractivity contribution in [2.45, 2.75) is 38.6 Å². The zero-order valence-electron chi connectivity index (χ0n) is 12.0. The Morgan fingerprint density at radius 3 is 2.70 bits per heavy atom. The topological polar surface area (TPSA) is 81.1 Å². The van der Waals surface area contributed by atoms with E-state index in [1.165, 1.54) is 0 Å². The number of para-hydroxylation sites is 1. The third kappa shape index (κ3) is 2.82. The van der Waals surface area contributed by atoms with Crippen molar-refractivity contribution in [2.75, 3.05) is 6.54 Å². The van der Waals surface area contributed by atoms with Gasteiger partial charge in [0.25, 0.3) is 0 Å². The molecule has 0 radical (unpaired) electrons. The largest absolute Gasteiger partial charge is 0.356 e. The SMILES string of the molecule is CCC(CC)(CN)NC(=O)Cc1noc2ccccc12. The van der Waals surface area contributed by atoms with Gasteiger partial charge in [-0.15, -0.1) is 0 Å². The number of hydrogen-bond donors (Lipinski definition) is 2. The van der Waals surface area contributed by atoms with E-state index in [0.717, 1.165) is 18.2 Å². The number of fused-ring (bicyclic) bond motifs is 1. The van der Waals surface area contributed by atoms with Crippen molar-refractivity contribution in [3.8, 4) is 0 Å². The van der Waals surface area contributed by atoms with Crippen molar-refractivity contribution in [3.63, 3.8) is 0 Å². The molecule has 0 fully saturated rings. The number of nitrogens with one attached hydrogen (secondary N) is 1. The highest BCUT2D eigenvalue weighted by molar-refractivity contribution is 5.86. The van der Waals surface area contributed by atoms with Crippen molar-refractivity contribution in [1.82, 2.24) is 10.5 Å². The van der Waals surface area contributed by atoms with Crippen molar-refractivity contribution in [2.24, 2.45) is 5.73 Å². The van der Waals surface area contributed by atoms with Crippen LogP contribution in [-0.2, 0) is 11.2 Å². The molecule has 0 aliphatic rings. The molecule has 0 unspecified atom stereocenters. The normalized spacial score (nSPS) is 11.8. The van der Waals surface area contributed by atoms with Gasteiger partial charge < -0.3 is 15.6 Å². The molecule has 5 nitrogen and oxygen atoms in total. The van der Waals surface area contributed by atoms with Gasteiger partial charge >= 0.3 is 0 Å². The highest BCUT2D eigenvalue weighted by Gasteiger charge is 2.26. The minimum absolute atomic E-state index is 0.0711. The first-order valence-corrected chi connectivity index (χ1v) is 6.98. The van der Waals surface area contributed by atoms with Gasteiger partial charge in [-0.25, -0.2) is 0 Å². The minimum atomic E-state index is -0.323. The summed E-state index contributed by atoms with van der Waals surface area (Å²) in [5, 5.41) is 7.90. The molecule has 0 saturated heterocycles. The predicted molar refractivity (Wildman–Crippen MR) is 78.2 cm³/mol. The maximum Gasteiger partial charge on any atom is 0.226 e. The van der Waals surface area contributed by atoms with Crippen molar-refractivity contribution in [1.29, 1.82) is 0 Å². The van der Waals surface area contributed by atoms with E-state index in [1.807, 2.05) is 38.1 Å². The van der Waals surface area contributed by atoms with Gasteiger partial charge in [-0.3, -0.25) is 4.79 Å². The van der Waals surface area contributed by atoms with Gasteiger partial charge in [-0.05, 0) is 25.0 Å². The smallest absolute Gasteiger partial charge is 0.226 e. The van der Waals surface area contributed by atoms with E-state index in [2.05, 4.69) is 10.5 Å². The Hall–Kier alpha value is -1.88. The first-order valence-electron chi connectivity index (χ1n) is 6.98. The number of nitrogens with two attached hydrogens (primary N) is 1. The van der Waals surface area contributed by atoms with Crippen LogP contribution < -0.4 is 11.1 Å². The highest BCUT2D eigenvalue weighted by Crippen LogP contribution is 2.19. The molecule has 0 spiro atoms. The summed E-state index contributed by atoms with van der Waals surface area (Å²) in [5.41, 5.74) is 6.83. The number of hydrogen-bond acceptors (Lipinski definition) is 4. The number of carbonyl (C=O) groups excluding carboxylic acids is 1. The van der Waals surface area contributed by atoms with Crippen molar-refractivity contribution in [3.05, 3.63) is 30.0 Å². The number of rotatable bonds is 6. The third-order valence-corrected chi connectivity index (χ3v) is 3.93. The number of nitrogens with zero attached hydrogens (tertiary/aromatic N) is 1. The molecule has 3 N–H and O–H groups in total. The average Bonchev–Trinajstić information content (AvgIpc) is 2.88. The summed E-state index contributed by atoms with van der Waals surface area (Å²) in [7, 11) is 0. The molecule has 20 heavy (non-hydrogen) atoms. The van der Waals surface area contributed by atoms with E-state index in [4.69, 9.17) is 10.3 Å². The molecule has 0 bridgehead atoms. The summed E-state index contributed by atoms with van der Waals surface area (Å²) >= 11 is 0. The van der Waals surface area contributed by atoms with Gasteiger partial charge in [0.1, 0.15) is 5.69 Å². The lowest BCUT2D eigenvalue weighted by Crippen LogP contribution is -2.53. The van der Waals surface area contributed by atoms with Gasteiger partial charge in [0.15, 0.2) is 5.58 Å². The fraction of sp³-hybridized carbons (Fsp3) is 0.467. The van der Waals surface area contributed by atoms with Gasteiger partial charge in [-0.1, -0.05) is 31.1 Å². The number of aromatic nitrogens is 1. The van der Waals surface area contributed by atoms with Crippen LogP contribution in [0.25, 0.3) is 11.0 Å². The van der Waals surface area contributed by atoms with Gasteiger partial charge in [-0.2, -0.15) is 0 Å². The second-order valence-electron chi connectivity index (χ2n) is 5.04. The van der Waals surface area contributed by atoms with E-state index in [-0.39, 0.29) is 17.9 Å². The molecule has 108 valence electrons. The lowest BCUT2D eigenvalue weighted by molar-refractivity contribution is -0.122. The number of amides is 1. The van der Waals surface area contributed by atoms with E-state index >= 15 is 0 Å². The van der Waals surface area contributed by atoms with Crippen LogP contribution in [0.2, 0.25) is 0 Å². The molecule has 1 aromatic heterocycles. The zero-order valence-corrected chi connectivity index (χ0v) is 12.0. The van der Waals surface area contributed by atoms with Crippen LogP contribution in [0.5, 0.6) is 0 Å². The maximum absolute atomic E-state index is 12.2. The van der Waals surface area contributed by atoms with Crippen LogP contribution in [0.3, 0.4) is 0 Å². The fourth-order valence-corrected chi connectivity index (χ4v) is 2.32. The number of carbonyl (C=O) groups is 1. The first kappa shape index (κ1) is 14.5. The lowest BCUT2D eigenvalue weighted by Gasteiger charge is -2.31. The van der Waals surface area contributed by atoms with Crippen molar-refractivity contribution < 1.29 is 9.32 Å². The van der Waals surface area contributed by atoms with E-state index in [9.17, 15) is 4.79 Å². The molecule has 0 atom stereocenters. The Morgan fingerprint density at radius 1 is 1.35 bits per heavy atom. The molecule has 2 aromatic rings. The summed E-state index contributed by atoms with van der Waals surface area (Å²) < 4.78 is 5.20. The van der Waals surface area contributed by atoms with Gasteiger partial charge in [0.05, 0.1) is 12.0 Å². The average molecular weight is 275 g/mol. The van der Waals surface area contributed by atoms with Crippen molar-refractivity contribution >= 4 is 16.9 Å². The number of benzene rings is 1. The summed E-state index contributed by atoms with van der Waals surface area (Å²) in [4.78, 5) is 12.2. The summed E-state index contributed by atoms with van der Waals surface area (Å²) in [6.45, 7) is 4.50. The van der Waals surface area contributed by atoms with Crippen LogP contribution in [0.1, 0.15) is 32.4 Å². The predicted octanol–water partition coefficient (Wildman–Crippen LogP) is 2.00. The third-order valence-electron chi connectivity index (χ3n) is 3.93.